The molecular weight excluding hydrogens is 264 g/mol. The van der Waals surface area contributed by atoms with E-state index in [1.807, 2.05) is 0 Å². The third kappa shape index (κ3) is 1.73. The zero-order chi connectivity index (χ0) is 13.4. The highest BCUT2D eigenvalue weighted by Crippen LogP contribution is 2.29. The van der Waals surface area contributed by atoms with E-state index in [1.165, 1.54) is 19.2 Å². The zero-order valence-corrected chi connectivity index (χ0v) is 9.87. The van der Waals surface area contributed by atoms with Gasteiger partial charge in [-0.1, -0.05) is 11.6 Å². The number of nitriles is 1. The van der Waals surface area contributed by atoms with E-state index < -0.39 is 22.6 Å². The summed E-state index contributed by atoms with van der Waals surface area (Å²) in [6.45, 7) is 0. The highest BCUT2D eigenvalue weighted by molar-refractivity contribution is 6.35. The van der Waals surface area contributed by atoms with Crippen LogP contribution in [0.4, 0.5) is 8.78 Å². The lowest BCUT2D eigenvalue weighted by Crippen LogP contribution is -2.22. The van der Waals surface area contributed by atoms with Crippen LogP contribution in [0.2, 0.25) is 5.02 Å². The van der Waals surface area contributed by atoms with Crippen molar-refractivity contribution in [3.63, 3.8) is 0 Å². The van der Waals surface area contributed by atoms with Gasteiger partial charge in [0.15, 0.2) is 0 Å². The van der Waals surface area contributed by atoms with Crippen LogP contribution in [0, 0.1) is 11.3 Å². The average Bonchev–Trinajstić information content (AvgIpc) is 2.35. The van der Waals surface area contributed by atoms with Crippen LogP contribution in [0.25, 0.3) is 11.0 Å². The van der Waals surface area contributed by atoms with Crippen molar-refractivity contribution < 1.29 is 8.78 Å². The number of aryl methyl sites for hydroxylation is 1. The molecule has 0 aromatic carbocycles. The Morgan fingerprint density at radius 1 is 1.50 bits per heavy atom. The first kappa shape index (κ1) is 12.5. The van der Waals surface area contributed by atoms with E-state index in [0.29, 0.717) is 5.52 Å². The van der Waals surface area contributed by atoms with Crippen LogP contribution in [0.1, 0.15) is 17.7 Å². The summed E-state index contributed by atoms with van der Waals surface area (Å²) in [5, 5.41) is 8.32. The van der Waals surface area contributed by atoms with Crippen molar-refractivity contribution in [3.05, 3.63) is 38.8 Å². The lowest BCUT2D eigenvalue weighted by Gasteiger charge is -2.10. The third-order valence-corrected chi connectivity index (χ3v) is 2.93. The standard InChI is InChI=1S/C11H6ClF2N3O/c1-17-6-3-2-5(4-15)16-9(6)8(12)7(10(13)14)11(17)18/h2-3,10H,1H3. The van der Waals surface area contributed by atoms with Crippen LogP contribution in [0.5, 0.6) is 0 Å². The molecule has 92 valence electrons. The molecule has 0 atom stereocenters. The number of nitrogens with zero attached hydrogens (tertiary/aromatic N) is 3. The molecule has 0 amide bonds. The highest BCUT2D eigenvalue weighted by atomic mass is 35.5. The molecule has 0 saturated carbocycles. The normalized spacial score (nSPS) is 10.9. The Balaban J connectivity index is 3.00. The highest BCUT2D eigenvalue weighted by Gasteiger charge is 2.22. The molecule has 18 heavy (non-hydrogen) atoms. The molecule has 0 radical (unpaired) electrons. The van der Waals surface area contributed by atoms with Crippen molar-refractivity contribution in [1.82, 2.24) is 9.55 Å². The molecule has 2 aromatic rings. The fourth-order valence-electron chi connectivity index (χ4n) is 1.65. The molecule has 0 N–H and O–H groups in total. The number of hydrogen-bond donors (Lipinski definition) is 0. The minimum absolute atomic E-state index is 0.0214. The summed E-state index contributed by atoms with van der Waals surface area (Å²) in [4.78, 5) is 15.6. The fourth-order valence-corrected chi connectivity index (χ4v) is 1.95. The molecular formula is C11H6ClF2N3O. The predicted octanol–water partition coefficient (Wildman–Crippen LogP) is 2.40. The van der Waals surface area contributed by atoms with Crippen LogP contribution in [-0.2, 0) is 7.05 Å². The summed E-state index contributed by atoms with van der Waals surface area (Å²) < 4.78 is 26.6. The number of rotatable bonds is 1. The Hall–Kier alpha value is -2.00. The lowest BCUT2D eigenvalue weighted by molar-refractivity contribution is 0.149. The van der Waals surface area contributed by atoms with Crippen molar-refractivity contribution in [2.75, 3.05) is 0 Å². The Kier molecular flexibility index (Phi) is 3.01. The van der Waals surface area contributed by atoms with Crippen molar-refractivity contribution in [3.8, 4) is 6.07 Å². The molecule has 0 aliphatic heterocycles. The lowest BCUT2D eigenvalue weighted by atomic mass is 10.2. The van der Waals surface area contributed by atoms with Crippen LogP contribution in [0.3, 0.4) is 0 Å². The van der Waals surface area contributed by atoms with Gasteiger partial charge in [0.25, 0.3) is 12.0 Å². The molecule has 0 bridgehead atoms. The van der Waals surface area contributed by atoms with Crippen molar-refractivity contribution in [2.24, 2.45) is 7.05 Å². The largest absolute Gasteiger partial charge is 0.309 e. The first-order valence-corrected chi connectivity index (χ1v) is 5.22. The number of fused-ring (bicyclic) bond motifs is 1. The van der Waals surface area contributed by atoms with Gasteiger partial charge in [0.1, 0.15) is 22.8 Å². The van der Waals surface area contributed by atoms with Gasteiger partial charge in [-0.15, -0.1) is 0 Å². The smallest absolute Gasteiger partial charge is 0.270 e. The SMILES string of the molecule is Cn1c(=O)c(C(F)F)c(Cl)c2nc(C#N)ccc21. The maximum Gasteiger partial charge on any atom is 0.270 e. The second kappa shape index (κ2) is 4.35. The topological polar surface area (TPSA) is 58.7 Å². The molecule has 0 spiro atoms. The number of halogens is 3. The third-order valence-electron chi connectivity index (χ3n) is 2.55. The Bertz CT molecular complexity index is 734. The number of aromatic nitrogens is 2. The monoisotopic (exact) mass is 269 g/mol. The van der Waals surface area contributed by atoms with Crippen LogP contribution < -0.4 is 5.56 Å². The van der Waals surface area contributed by atoms with Crippen LogP contribution >= 0.6 is 11.6 Å². The van der Waals surface area contributed by atoms with Gasteiger partial charge in [-0.3, -0.25) is 4.79 Å². The van der Waals surface area contributed by atoms with Gasteiger partial charge in [-0.05, 0) is 12.1 Å². The number of hydrogen-bond acceptors (Lipinski definition) is 3. The van der Waals surface area contributed by atoms with Crippen molar-refractivity contribution in [1.29, 1.82) is 5.26 Å². The second-order valence-electron chi connectivity index (χ2n) is 3.57. The van der Waals surface area contributed by atoms with Gasteiger partial charge < -0.3 is 4.57 Å². The van der Waals surface area contributed by atoms with E-state index >= 15 is 0 Å². The van der Waals surface area contributed by atoms with Gasteiger partial charge in [-0.25, -0.2) is 13.8 Å². The maximum atomic E-state index is 12.8. The summed E-state index contributed by atoms with van der Waals surface area (Å²) in [6.07, 6.45) is -2.99. The molecule has 0 saturated heterocycles. The number of pyridine rings is 2. The molecule has 2 rings (SSSR count). The molecule has 2 aromatic heterocycles. The first-order chi connectivity index (χ1) is 8.47. The summed E-state index contributed by atoms with van der Waals surface area (Å²) in [6, 6.07) is 4.62. The van der Waals surface area contributed by atoms with E-state index in [2.05, 4.69) is 4.98 Å². The van der Waals surface area contributed by atoms with Gasteiger partial charge in [0, 0.05) is 7.05 Å². The van der Waals surface area contributed by atoms with E-state index in [-0.39, 0.29) is 11.2 Å². The minimum Gasteiger partial charge on any atom is -0.309 e. The summed E-state index contributed by atoms with van der Waals surface area (Å²) in [5.41, 5.74) is -1.30. The van der Waals surface area contributed by atoms with Gasteiger partial charge in [0.05, 0.1) is 10.5 Å². The van der Waals surface area contributed by atoms with Gasteiger partial charge in [-0.2, -0.15) is 5.26 Å². The molecule has 0 aliphatic carbocycles. The summed E-state index contributed by atoms with van der Waals surface area (Å²) in [7, 11) is 1.35. The first-order valence-electron chi connectivity index (χ1n) is 4.84. The minimum atomic E-state index is -2.99. The van der Waals surface area contributed by atoms with Gasteiger partial charge >= 0.3 is 0 Å². The van der Waals surface area contributed by atoms with Crippen molar-refractivity contribution >= 4 is 22.6 Å². The Labute approximate surface area is 105 Å². The number of alkyl halides is 2. The quantitative estimate of drug-likeness (QED) is 0.799. The second-order valence-corrected chi connectivity index (χ2v) is 3.95. The molecule has 2 heterocycles. The summed E-state index contributed by atoms with van der Waals surface area (Å²) in [5.74, 6) is 0. The Morgan fingerprint density at radius 3 is 2.72 bits per heavy atom. The zero-order valence-electron chi connectivity index (χ0n) is 9.12. The van der Waals surface area contributed by atoms with Crippen molar-refractivity contribution in [2.45, 2.75) is 6.43 Å². The van der Waals surface area contributed by atoms with Crippen LogP contribution in [0.15, 0.2) is 16.9 Å². The average molecular weight is 270 g/mol. The molecule has 0 unspecified atom stereocenters. The maximum absolute atomic E-state index is 12.8. The molecule has 0 aliphatic rings. The van der Waals surface area contributed by atoms with E-state index in [9.17, 15) is 13.6 Å². The van der Waals surface area contributed by atoms with Gasteiger partial charge in [0.2, 0.25) is 0 Å². The Morgan fingerprint density at radius 2 is 2.17 bits per heavy atom. The molecule has 7 heteroatoms. The van der Waals surface area contributed by atoms with E-state index in [1.54, 1.807) is 6.07 Å². The van der Waals surface area contributed by atoms with Crippen LogP contribution in [-0.4, -0.2) is 9.55 Å². The van der Waals surface area contributed by atoms with E-state index in [4.69, 9.17) is 16.9 Å². The summed E-state index contributed by atoms with van der Waals surface area (Å²) >= 11 is 5.78. The predicted molar refractivity (Wildman–Crippen MR) is 61.7 cm³/mol. The fraction of sp³-hybridized carbons (Fsp3) is 0.182. The molecule has 4 nitrogen and oxygen atoms in total. The molecule has 0 fully saturated rings. The van der Waals surface area contributed by atoms with E-state index in [0.717, 1.165) is 4.57 Å².